The van der Waals surface area contributed by atoms with Gasteiger partial charge in [-0.05, 0) is 19.3 Å². The van der Waals surface area contributed by atoms with Crippen LogP contribution in [0.1, 0.15) is 35.8 Å². The Hall–Kier alpha value is -1.36. The molecule has 1 unspecified atom stereocenters. The summed E-state index contributed by atoms with van der Waals surface area (Å²) in [5.74, 6) is 0.226. The molecule has 0 radical (unpaired) electrons. The Balaban J connectivity index is 2.43. The maximum Gasteiger partial charge on any atom is 0.254 e. The molecule has 0 fully saturated rings. The molecule has 1 aromatic heterocycles. The zero-order chi connectivity index (χ0) is 12.0. The molecular formula is C11H19N3O2. The van der Waals surface area contributed by atoms with Gasteiger partial charge in [-0.1, -0.05) is 13.3 Å². The molecule has 5 nitrogen and oxygen atoms in total. The number of carbonyl (C=O) groups excluding carboxylic acids is 1. The first kappa shape index (κ1) is 12.7. The molecule has 0 aromatic carbocycles. The van der Waals surface area contributed by atoms with E-state index in [9.17, 15) is 4.79 Å². The summed E-state index contributed by atoms with van der Waals surface area (Å²) in [6, 6.07) is 0. The predicted octanol–water partition coefficient (Wildman–Crippen LogP) is 0.857. The van der Waals surface area contributed by atoms with Crippen LogP contribution in [0.4, 0.5) is 0 Å². The van der Waals surface area contributed by atoms with Crippen molar-refractivity contribution in [2.24, 2.45) is 5.92 Å². The molecule has 0 bridgehead atoms. The molecule has 1 atom stereocenters. The Kier molecular flexibility index (Phi) is 4.98. The highest BCUT2D eigenvalue weighted by molar-refractivity contribution is 5.94. The zero-order valence-electron chi connectivity index (χ0n) is 9.79. The fourth-order valence-corrected chi connectivity index (χ4v) is 1.54. The Morgan fingerprint density at radius 3 is 2.94 bits per heavy atom. The minimum absolute atomic E-state index is 0.109. The second-order valence-corrected chi connectivity index (χ2v) is 3.91. The van der Waals surface area contributed by atoms with Gasteiger partial charge in [0, 0.05) is 18.8 Å². The van der Waals surface area contributed by atoms with Crippen LogP contribution in [0, 0.1) is 12.8 Å². The quantitative estimate of drug-likeness (QED) is 0.671. The minimum Gasteiger partial charge on any atom is -0.396 e. The average Bonchev–Trinajstić information content (AvgIpc) is 2.70. The summed E-state index contributed by atoms with van der Waals surface area (Å²) in [6.45, 7) is 4.63. The van der Waals surface area contributed by atoms with E-state index < -0.39 is 0 Å². The number of aromatic amines is 1. The van der Waals surface area contributed by atoms with Crippen LogP contribution >= 0.6 is 0 Å². The van der Waals surface area contributed by atoms with Crippen molar-refractivity contribution in [2.75, 3.05) is 13.2 Å². The van der Waals surface area contributed by atoms with Gasteiger partial charge >= 0.3 is 0 Å². The molecule has 16 heavy (non-hydrogen) atoms. The monoisotopic (exact) mass is 225 g/mol. The molecule has 0 aliphatic carbocycles. The van der Waals surface area contributed by atoms with Crippen LogP contribution in [0.15, 0.2) is 6.20 Å². The number of carbonyl (C=O) groups is 1. The second kappa shape index (κ2) is 6.27. The first-order valence-electron chi connectivity index (χ1n) is 5.58. The van der Waals surface area contributed by atoms with E-state index in [0.29, 0.717) is 18.0 Å². The molecule has 0 saturated carbocycles. The third kappa shape index (κ3) is 3.34. The van der Waals surface area contributed by atoms with Crippen LogP contribution in [-0.4, -0.2) is 34.4 Å². The van der Waals surface area contributed by atoms with Crippen LogP contribution in [0.25, 0.3) is 0 Å². The summed E-state index contributed by atoms with van der Waals surface area (Å²) < 4.78 is 0. The Morgan fingerprint density at radius 2 is 2.44 bits per heavy atom. The van der Waals surface area contributed by atoms with Crippen molar-refractivity contribution < 1.29 is 9.90 Å². The number of hydrogen-bond donors (Lipinski definition) is 3. The van der Waals surface area contributed by atoms with Gasteiger partial charge in [-0.25, -0.2) is 0 Å². The molecule has 1 heterocycles. The van der Waals surface area contributed by atoms with Crippen molar-refractivity contribution >= 4 is 5.91 Å². The number of amides is 1. The standard InChI is InChI=1S/C11H19N3O2/c1-3-9(4-5-15)6-12-11(16)10-7-13-14-8(10)2/h7,9,15H,3-6H2,1-2H3,(H,12,16)(H,13,14). The molecule has 0 aliphatic heterocycles. The SMILES string of the molecule is CCC(CCO)CNC(=O)c1cn[nH]c1C. The highest BCUT2D eigenvalue weighted by atomic mass is 16.3. The lowest BCUT2D eigenvalue weighted by molar-refractivity contribution is 0.0943. The van der Waals surface area contributed by atoms with Crippen molar-refractivity contribution in [1.82, 2.24) is 15.5 Å². The van der Waals surface area contributed by atoms with Crippen molar-refractivity contribution in [2.45, 2.75) is 26.7 Å². The van der Waals surface area contributed by atoms with E-state index in [1.165, 1.54) is 6.20 Å². The molecule has 3 N–H and O–H groups in total. The van der Waals surface area contributed by atoms with Crippen LogP contribution in [0.5, 0.6) is 0 Å². The third-order valence-corrected chi connectivity index (χ3v) is 2.74. The Labute approximate surface area is 95.3 Å². The topological polar surface area (TPSA) is 78.0 Å². The molecule has 1 rings (SSSR count). The minimum atomic E-state index is -0.109. The van der Waals surface area contributed by atoms with Gasteiger partial charge in [-0.3, -0.25) is 9.89 Å². The van der Waals surface area contributed by atoms with Gasteiger partial charge in [0.05, 0.1) is 11.8 Å². The summed E-state index contributed by atoms with van der Waals surface area (Å²) in [4.78, 5) is 11.7. The van der Waals surface area contributed by atoms with E-state index in [1.807, 2.05) is 6.92 Å². The number of rotatable bonds is 6. The lowest BCUT2D eigenvalue weighted by atomic mass is 10.0. The molecular weight excluding hydrogens is 206 g/mol. The molecule has 5 heteroatoms. The maximum atomic E-state index is 11.7. The van der Waals surface area contributed by atoms with Crippen LogP contribution in [0.2, 0.25) is 0 Å². The number of nitrogens with one attached hydrogen (secondary N) is 2. The molecule has 0 saturated heterocycles. The molecule has 0 aliphatic rings. The Morgan fingerprint density at radius 1 is 1.69 bits per heavy atom. The number of nitrogens with zero attached hydrogens (tertiary/aromatic N) is 1. The Bertz CT molecular complexity index is 336. The highest BCUT2D eigenvalue weighted by Crippen LogP contribution is 2.07. The van der Waals surface area contributed by atoms with E-state index >= 15 is 0 Å². The number of hydrogen-bond acceptors (Lipinski definition) is 3. The number of aliphatic hydroxyl groups is 1. The summed E-state index contributed by atoms with van der Waals surface area (Å²) >= 11 is 0. The van der Waals surface area contributed by atoms with Gasteiger partial charge in [0.1, 0.15) is 0 Å². The smallest absolute Gasteiger partial charge is 0.254 e. The second-order valence-electron chi connectivity index (χ2n) is 3.91. The van der Waals surface area contributed by atoms with Crippen molar-refractivity contribution in [1.29, 1.82) is 0 Å². The number of aromatic nitrogens is 2. The number of aryl methyl sites for hydroxylation is 1. The highest BCUT2D eigenvalue weighted by Gasteiger charge is 2.12. The van der Waals surface area contributed by atoms with E-state index in [4.69, 9.17) is 5.11 Å². The predicted molar refractivity (Wildman–Crippen MR) is 61.1 cm³/mol. The average molecular weight is 225 g/mol. The van der Waals surface area contributed by atoms with Gasteiger partial charge < -0.3 is 10.4 Å². The van der Waals surface area contributed by atoms with E-state index in [1.54, 1.807) is 0 Å². The van der Waals surface area contributed by atoms with Gasteiger partial charge in [-0.15, -0.1) is 0 Å². The lowest BCUT2D eigenvalue weighted by Crippen LogP contribution is -2.29. The summed E-state index contributed by atoms with van der Waals surface area (Å²) in [5, 5.41) is 18.2. The number of aliphatic hydroxyl groups excluding tert-OH is 1. The fourth-order valence-electron chi connectivity index (χ4n) is 1.54. The normalized spacial score (nSPS) is 12.4. The van der Waals surface area contributed by atoms with Crippen molar-refractivity contribution in [3.05, 3.63) is 17.5 Å². The number of H-pyrrole nitrogens is 1. The first-order chi connectivity index (χ1) is 7.69. The zero-order valence-corrected chi connectivity index (χ0v) is 9.79. The maximum absolute atomic E-state index is 11.7. The van der Waals surface area contributed by atoms with Gasteiger partial charge in [0.2, 0.25) is 0 Å². The summed E-state index contributed by atoms with van der Waals surface area (Å²) in [5.41, 5.74) is 1.35. The van der Waals surface area contributed by atoms with E-state index in [-0.39, 0.29) is 12.5 Å². The van der Waals surface area contributed by atoms with Crippen LogP contribution in [-0.2, 0) is 0 Å². The van der Waals surface area contributed by atoms with Gasteiger partial charge in [-0.2, -0.15) is 5.10 Å². The van der Waals surface area contributed by atoms with Gasteiger partial charge in [0.25, 0.3) is 5.91 Å². The largest absolute Gasteiger partial charge is 0.396 e. The summed E-state index contributed by atoms with van der Waals surface area (Å²) in [7, 11) is 0. The first-order valence-corrected chi connectivity index (χ1v) is 5.58. The molecule has 0 spiro atoms. The van der Waals surface area contributed by atoms with E-state index in [0.717, 1.165) is 18.5 Å². The third-order valence-electron chi connectivity index (χ3n) is 2.74. The lowest BCUT2D eigenvalue weighted by Gasteiger charge is -2.13. The van der Waals surface area contributed by atoms with Crippen molar-refractivity contribution in [3.8, 4) is 0 Å². The van der Waals surface area contributed by atoms with Crippen LogP contribution in [0.3, 0.4) is 0 Å². The van der Waals surface area contributed by atoms with Crippen molar-refractivity contribution in [3.63, 3.8) is 0 Å². The molecule has 1 amide bonds. The summed E-state index contributed by atoms with van der Waals surface area (Å²) in [6.07, 6.45) is 3.20. The van der Waals surface area contributed by atoms with Crippen LogP contribution < -0.4 is 5.32 Å². The molecule has 90 valence electrons. The van der Waals surface area contributed by atoms with Gasteiger partial charge in [0.15, 0.2) is 0 Å². The van der Waals surface area contributed by atoms with E-state index in [2.05, 4.69) is 22.4 Å². The fraction of sp³-hybridized carbons (Fsp3) is 0.636. The molecule has 1 aromatic rings.